The monoisotopic (exact) mass is 188 g/mol. The zero-order valence-corrected chi connectivity index (χ0v) is 7.84. The Morgan fingerprint density at radius 1 is 1.54 bits per heavy atom. The molecule has 0 atom stereocenters. The van der Waals surface area contributed by atoms with Crippen LogP contribution in [0.1, 0.15) is 19.3 Å². The molecule has 0 heterocycles. The number of hydrogen-bond acceptors (Lipinski definition) is 4. The van der Waals surface area contributed by atoms with Crippen LogP contribution >= 0.6 is 0 Å². The van der Waals surface area contributed by atoms with E-state index in [1.807, 2.05) is 0 Å². The number of rotatable bonds is 5. The van der Waals surface area contributed by atoms with Gasteiger partial charge in [-0.1, -0.05) is 0 Å². The number of ether oxygens (including phenoxy) is 1. The van der Waals surface area contributed by atoms with Crippen LogP contribution in [0.4, 0.5) is 0 Å². The summed E-state index contributed by atoms with van der Waals surface area (Å²) < 4.78 is 4.74. The molecule has 1 saturated carbocycles. The predicted octanol–water partition coefficient (Wildman–Crippen LogP) is -0.438. The molecule has 5 nitrogen and oxygen atoms in total. The van der Waals surface area contributed by atoms with Crippen LogP contribution in [0.15, 0.2) is 0 Å². The lowest BCUT2D eigenvalue weighted by atomic mass is 9.77. The molecule has 1 rings (SSSR count). The van der Waals surface area contributed by atoms with E-state index < -0.39 is 5.54 Å². The topological polar surface area (TPSA) is 73.6 Å². The number of nitrogens with two attached hydrogens (primary N) is 1. The van der Waals surface area contributed by atoms with E-state index in [1.165, 1.54) is 0 Å². The zero-order valence-electron chi connectivity index (χ0n) is 7.84. The van der Waals surface area contributed by atoms with Gasteiger partial charge < -0.3 is 10.5 Å². The van der Waals surface area contributed by atoms with Crippen molar-refractivity contribution in [2.75, 3.05) is 20.3 Å². The normalized spacial score (nSPS) is 19.2. The lowest BCUT2D eigenvalue weighted by Gasteiger charge is -2.35. The Morgan fingerprint density at radius 2 is 2.23 bits per heavy atom. The van der Waals surface area contributed by atoms with E-state index in [9.17, 15) is 4.79 Å². The maximum absolute atomic E-state index is 11.3. The van der Waals surface area contributed by atoms with Gasteiger partial charge in [0.25, 0.3) is 5.91 Å². The van der Waals surface area contributed by atoms with Crippen molar-refractivity contribution >= 4 is 5.91 Å². The van der Waals surface area contributed by atoms with Crippen LogP contribution in [-0.2, 0) is 14.4 Å². The molecular weight excluding hydrogens is 172 g/mol. The van der Waals surface area contributed by atoms with Crippen LogP contribution in [-0.4, -0.2) is 31.8 Å². The average Bonchev–Trinajstić information content (AvgIpc) is 2.08. The number of hydroxylamine groups is 1. The maximum Gasteiger partial charge on any atom is 0.263 e. The van der Waals surface area contributed by atoms with Crippen molar-refractivity contribution in [1.82, 2.24) is 5.48 Å². The summed E-state index contributed by atoms with van der Waals surface area (Å²) in [6.45, 7) is 0.802. The molecule has 0 spiro atoms. The fourth-order valence-electron chi connectivity index (χ4n) is 1.13. The number of carbonyl (C=O) groups is 1. The first kappa shape index (κ1) is 10.4. The zero-order chi connectivity index (χ0) is 9.73. The quantitative estimate of drug-likeness (QED) is 0.453. The summed E-state index contributed by atoms with van der Waals surface area (Å²) in [6.07, 6.45) is 2.50. The van der Waals surface area contributed by atoms with Crippen LogP contribution in [0.5, 0.6) is 0 Å². The minimum atomic E-state index is -0.687. The van der Waals surface area contributed by atoms with Gasteiger partial charge in [0.15, 0.2) is 0 Å². The highest BCUT2D eigenvalue weighted by atomic mass is 16.7. The van der Waals surface area contributed by atoms with Crippen molar-refractivity contribution < 1.29 is 14.4 Å². The fourth-order valence-corrected chi connectivity index (χ4v) is 1.13. The van der Waals surface area contributed by atoms with Gasteiger partial charge in [-0.25, -0.2) is 5.48 Å². The van der Waals surface area contributed by atoms with Gasteiger partial charge in [0, 0.05) is 7.11 Å². The smallest absolute Gasteiger partial charge is 0.263 e. The van der Waals surface area contributed by atoms with Gasteiger partial charge in [-0.05, 0) is 19.3 Å². The molecule has 1 aliphatic rings. The van der Waals surface area contributed by atoms with E-state index in [-0.39, 0.29) is 5.91 Å². The van der Waals surface area contributed by atoms with Crippen LogP contribution in [0.3, 0.4) is 0 Å². The van der Waals surface area contributed by atoms with Crippen molar-refractivity contribution in [3.63, 3.8) is 0 Å². The largest absolute Gasteiger partial charge is 0.382 e. The fraction of sp³-hybridized carbons (Fsp3) is 0.875. The summed E-state index contributed by atoms with van der Waals surface area (Å²) >= 11 is 0. The summed E-state index contributed by atoms with van der Waals surface area (Å²) in [5.74, 6) is -0.227. The Labute approximate surface area is 77.5 Å². The highest BCUT2D eigenvalue weighted by molar-refractivity contribution is 5.86. The molecule has 0 bridgehead atoms. The standard InChI is InChI=1S/C8H16N2O3/c1-12-5-6-13-10-7(11)8(9)3-2-4-8/h2-6,9H2,1H3,(H,10,11). The molecule has 0 aromatic rings. The first-order valence-corrected chi connectivity index (χ1v) is 4.39. The van der Waals surface area contributed by atoms with Crippen molar-refractivity contribution in [2.45, 2.75) is 24.8 Å². The Bertz CT molecular complexity index is 180. The molecule has 0 aliphatic heterocycles. The third-order valence-electron chi connectivity index (χ3n) is 2.25. The molecule has 0 unspecified atom stereocenters. The molecule has 5 heteroatoms. The van der Waals surface area contributed by atoms with Crippen molar-refractivity contribution in [1.29, 1.82) is 0 Å². The number of amides is 1. The summed E-state index contributed by atoms with van der Waals surface area (Å²) in [5, 5.41) is 0. The summed E-state index contributed by atoms with van der Waals surface area (Å²) in [6, 6.07) is 0. The average molecular weight is 188 g/mol. The number of nitrogens with one attached hydrogen (secondary N) is 1. The number of methoxy groups -OCH3 is 1. The lowest BCUT2D eigenvalue weighted by molar-refractivity contribution is -0.143. The molecule has 1 aliphatic carbocycles. The number of carbonyl (C=O) groups excluding carboxylic acids is 1. The van der Waals surface area contributed by atoms with Crippen LogP contribution in [0.25, 0.3) is 0 Å². The van der Waals surface area contributed by atoms with Crippen LogP contribution in [0.2, 0.25) is 0 Å². The number of hydrogen-bond donors (Lipinski definition) is 2. The maximum atomic E-state index is 11.3. The molecule has 0 aromatic carbocycles. The first-order valence-electron chi connectivity index (χ1n) is 4.39. The second kappa shape index (κ2) is 4.55. The third kappa shape index (κ3) is 2.65. The second-order valence-electron chi connectivity index (χ2n) is 3.28. The van der Waals surface area contributed by atoms with Crippen molar-refractivity contribution in [3.8, 4) is 0 Å². The van der Waals surface area contributed by atoms with Gasteiger partial charge >= 0.3 is 0 Å². The molecule has 0 saturated heterocycles. The molecular formula is C8H16N2O3. The minimum Gasteiger partial charge on any atom is -0.382 e. The van der Waals surface area contributed by atoms with Gasteiger partial charge in [0.05, 0.1) is 18.8 Å². The van der Waals surface area contributed by atoms with Crippen LogP contribution in [0, 0.1) is 0 Å². The van der Waals surface area contributed by atoms with Gasteiger partial charge in [0.2, 0.25) is 0 Å². The van der Waals surface area contributed by atoms with E-state index in [0.717, 1.165) is 19.3 Å². The van der Waals surface area contributed by atoms with Crippen LogP contribution < -0.4 is 11.2 Å². The van der Waals surface area contributed by atoms with Crippen molar-refractivity contribution in [3.05, 3.63) is 0 Å². The molecule has 76 valence electrons. The molecule has 0 aromatic heterocycles. The molecule has 0 radical (unpaired) electrons. The van der Waals surface area contributed by atoms with E-state index in [4.69, 9.17) is 15.3 Å². The van der Waals surface area contributed by atoms with Gasteiger partial charge in [-0.2, -0.15) is 0 Å². The van der Waals surface area contributed by atoms with Gasteiger partial charge in [0.1, 0.15) is 0 Å². The SMILES string of the molecule is COCCONC(=O)C1(N)CCC1. The van der Waals surface area contributed by atoms with E-state index in [0.29, 0.717) is 13.2 Å². The van der Waals surface area contributed by atoms with Gasteiger partial charge in [-0.3, -0.25) is 9.63 Å². The second-order valence-corrected chi connectivity index (χ2v) is 3.28. The summed E-state index contributed by atoms with van der Waals surface area (Å²) in [4.78, 5) is 16.2. The molecule has 1 fully saturated rings. The predicted molar refractivity (Wildman–Crippen MR) is 46.7 cm³/mol. The van der Waals surface area contributed by atoms with E-state index in [2.05, 4.69) is 5.48 Å². The Balaban J connectivity index is 2.10. The molecule has 1 amide bonds. The lowest BCUT2D eigenvalue weighted by Crippen LogP contribution is -2.58. The van der Waals surface area contributed by atoms with Crippen molar-refractivity contribution in [2.24, 2.45) is 5.73 Å². The Morgan fingerprint density at radius 3 is 2.69 bits per heavy atom. The third-order valence-corrected chi connectivity index (χ3v) is 2.25. The van der Waals surface area contributed by atoms with E-state index in [1.54, 1.807) is 7.11 Å². The molecule has 13 heavy (non-hydrogen) atoms. The summed E-state index contributed by atoms with van der Waals surface area (Å²) in [7, 11) is 1.57. The minimum absolute atomic E-state index is 0.227. The van der Waals surface area contributed by atoms with Gasteiger partial charge in [-0.15, -0.1) is 0 Å². The molecule has 3 N–H and O–H groups in total. The highest BCUT2D eigenvalue weighted by Gasteiger charge is 2.40. The van der Waals surface area contributed by atoms with E-state index >= 15 is 0 Å². The Kier molecular flexibility index (Phi) is 3.65. The highest BCUT2D eigenvalue weighted by Crippen LogP contribution is 2.28. The Hall–Kier alpha value is -0.650. The summed E-state index contributed by atoms with van der Waals surface area (Å²) in [5.41, 5.74) is 7.37. The first-order chi connectivity index (χ1) is 6.19.